The lowest BCUT2D eigenvalue weighted by Gasteiger charge is -2.21. The Labute approximate surface area is 110 Å². The van der Waals surface area contributed by atoms with Crippen molar-refractivity contribution in [3.05, 3.63) is 23.3 Å². The molecule has 0 radical (unpaired) electrons. The first-order valence-electron chi connectivity index (χ1n) is 6.68. The van der Waals surface area contributed by atoms with E-state index in [1.165, 1.54) is 0 Å². The average molecular weight is 251 g/mol. The lowest BCUT2D eigenvalue weighted by molar-refractivity contribution is 0.0230. The van der Waals surface area contributed by atoms with Crippen LogP contribution in [0.15, 0.2) is 6.20 Å². The summed E-state index contributed by atoms with van der Waals surface area (Å²) in [6.45, 7) is 11.6. The fourth-order valence-electron chi connectivity index (χ4n) is 1.97. The van der Waals surface area contributed by atoms with E-state index in [1.54, 1.807) is 0 Å². The monoisotopic (exact) mass is 251 g/mol. The van der Waals surface area contributed by atoms with Gasteiger partial charge in [0.15, 0.2) is 5.82 Å². The van der Waals surface area contributed by atoms with Crippen LogP contribution in [0.4, 0.5) is 0 Å². The molecule has 18 heavy (non-hydrogen) atoms. The molecule has 0 aliphatic rings. The fourth-order valence-corrected chi connectivity index (χ4v) is 1.97. The highest BCUT2D eigenvalue weighted by Crippen LogP contribution is 2.25. The van der Waals surface area contributed by atoms with Gasteiger partial charge < -0.3 is 10.5 Å². The van der Waals surface area contributed by atoms with Gasteiger partial charge >= 0.3 is 0 Å². The molecule has 4 heteroatoms. The Balaban J connectivity index is 3.12. The molecule has 1 aromatic rings. The van der Waals surface area contributed by atoms with E-state index in [9.17, 15) is 0 Å². The number of nitrogens with zero attached hydrogens (tertiary/aromatic N) is 2. The van der Waals surface area contributed by atoms with E-state index in [-0.39, 0.29) is 6.10 Å². The van der Waals surface area contributed by atoms with Crippen molar-refractivity contribution in [3.8, 4) is 0 Å². The summed E-state index contributed by atoms with van der Waals surface area (Å²) in [6, 6.07) is 0. The molecule has 1 atom stereocenters. The lowest BCUT2D eigenvalue weighted by Crippen LogP contribution is -2.17. The first-order valence-corrected chi connectivity index (χ1v) is 6.68. The highest BCUT2D eigenvalue weighted by molar-refractivity contribution is 5.21. The highest BCUT2D eigenvalue weighted by Gasteiger charge is 2.21. The van der Waals surface area contributed by atoms with Gasteiger partial charge in [-0.05, 0) is 18.8 Å². The molecular formula is C14H25N3O. The van der Waals surface area contributed by atoms with E-state index in [0.29, 0.717) is 25.0 Å². The second-order valence-corrected chi connectivity index (χ2v) is 5.12. The molecule has 0 bridgehead atoms. The van der Waals surface area contributed by atoms with Crippen molar-refractivity contribution in [2.45, 2.75) is 53.2 Å². The molecule has 0 spiro atoms. The van der Waals surface area contributed by atoms with Crippen molar-refractivity contribution in [1.82, 2.24) is 9.97 Å². The van der Waals surface area contributed by atoms with Crippen molar-refractivity contribution < 1.29 is 4.74 Å². The van der Waals surface area contributed by atoms with Crippen LogP contribution in [-0.4, -0.2) is 16.6 Å². The molecule has 102 valence electrons. The maximum absolute atomic E-state index is 5.74. The van der Waals surface area contributed by atoms with E-state index >= 15 is 0 Å². The largest absolute Gasteiger partial charge is 0.370 e. The van der Waals surface area contributed by atoms with Crippen molar-refractivity contribution >= 4 is 0 Å². The molecule has 1 heterocycles. The second-order valence-electron chi connectivity index (χ2n) is 5.12. The van der Waals surface area contributed by atoms with Crippen LogP contribution in [0, 0.1) is 5.92 Å². The zero-order valence-electron chi connectivity index (χ0n) is 12.1. The molecule has 0 aromatic carbocycles. The van der Waals surface area contributed by atoms with Crippen LogP contribution in [-0.2, 0) is 11.3 Å². The van der Waals surface area contributed by atoms with Gasteiger partial charge in [-0.15, -0.1) is 0 Å². The SMILES string of the molecule is CCOC(c1ncc(CN)c(C(C)C)n1)C(C)C. The Morgan fingerprint density at radius 3 is 2.39 bits per heavy atom. The van der Waals surface area contributed by atoms with Gasteiger partial charge in [0.05, 0.1) is 5.69 Å². The van der Waals surface area contributed by atoms with Gasteiger partial charge in [-0.25, -0.2) is 9.97 Å². The van der Waals surface area contributed by atoms with Crippen LogP contribution in [0.5, 0.6) is 0 Å². The van der Waals surface area contributed by atoms with Crippen LogP contribution in [0.1, 0.15) is 63.7 Å². The van der Waals surface area contributed by atoms with Crippen LogP contribution < -0.4 is 5.73 Å². The molecule has 1 rings (SSSR count). The molecular weight excluding hydrogens is 226 g/mol. The summed E-state index contributed by atoms with van der Waals surface area (Å²) in [7, 11) is 0. The number of hydrogen-bond acceptors (Lipinski definition) is 4. The van der Waals surface area contributed by atoms with Gasteiger partial charge in [0.2, 0.25) is 0 Å². The highest BCUT2D eigenvalue weighted by atomic mass is 16.5. The Hall–Kier alpha value is -1.00. The summed E-state index contributed by atoms with van der Waals surface area (Å²) in [4.78, 5) is 9.08. The number of nitrogens with two attached hydrogens (primary N) is 1. The van der Waals surface area contributed by atoms with Crippen LogP contribution in [0.2, 0.25) is 0 Å². The van der Waals surface area contributed by atoms with Crippen molar-refractivity contribution in [2.75, 3.05) is 6.61 Å². The molecule has 0 saturated carbocycles. The summed E-state index contributed by atoms with van der Waals surface area (Å²) in [5.41, 5.74) is 7.78. The molecule has 1 aromatic heterocycles. The summed E-state index contributed by atoms with van der Waals surface area (Å²) in [5, 5.41) is 0. The Kier molecular flexibility index (Phi) is 5.69. The van der Waals surface area contributed by atoms with E-state index < -0.39 is 0 Å². The zero-order valence-corrected chi connectivity index (χ0v) is 12.1. The smallest absolute Gasteiger partial charge is 0.157 e. The van der Waals surface area contributed by atoms with Crippen LogP contribution in [0.3, 0.4) is 0 Å². The van der Waals surface area contributed by atoms with E-state index in [4.69, 9.17) is 10.5 Å². The van der Waals surface area contributed by atoms with Gasteiger partial charge in [0.25, 0.3) is 0 Å². The second kappa shape index (κ2) is 6.81. The quantitative estimate of drug-likeness (QED) is 0.844. The predicted molar refractivity (Wildman–Crippen MR) is 73.2 cm³/mol. The van der Waals surface area contributed by atoms with Crippen LogP contribution in [0.25, 0.3) is 0 Å². The Bertz CT molecular complexity index is 377. The maximum Gasteiger partial charge on any atom is 0.157 e. The standard InChI is InChI=1S/C14H25N3O/c1-6-18-13(10(4)5)14-16-8-11(7-15)12(17-14)9(2)3/h8-10,13H,6-7,15H2,1-5H3. The van der Waals surface area contributed by atoms with Crippen LogP contribution >= 0.6 is 0 Å². The number of hydrogen-bond donors (Lipinski definition) is 1. The predicted octanol–water partition coefficient (Wildman–Crippen LogP) is 2.79. The van der Waals surface area contributed by atoms with Gasteiger partial charge in [-0.2, -0.15) is 0 Å². The first-order chi connectivity index (χ1) is 8.51. The number of aromatic nitrogens is 2. The first kappa shape index (κ1) is 15.1. The molecule has 2 N–H and O–H groups in total. The van der Waals surface area contributed by atoms with E-state index in [1.807, 2.05) is 13.1 Å². The van der Waals surface area contributed by atoms with Gasteiger partial charge in [-0.3, -0.25) is 0 Å². The minimum atomic E-state index is -0.0423. The molecule has 0 aliphatic carbocycles. The van der Waals surface area contributed by atoms with Crippen molar-refractivity contribution in [3.63, 3.8) is 0 Å². The fraction of sp³-hybridized carbons (Fsp3) is 0.714. The van der Waals surface area contributed by atoms with Gasteiger partial charge in [0, 0.05) is 24.9 Å². The van der Waals surface area contributed by atoms with Gasteiger partial charge in [0.1, 0.15) is 6.10 Å². The summed E-state index contributed by atoms with van der Waals surface area (Å²) < 4.78 is 5.74. The summed E-state index contributed by atoms with van der Waals surface area (Å²) in [6.07, 6.45) is 1.80. The molecule has 0 aliphatic heterocycles. The Morgan fingerprint density at radius 1 is 1.28 bits per heavy atom. The van der Waals surface area contributed by atoms with Crippen molar-refractivity contribution in [1.29, 1.82) is 0 Å². The molecule has 0 amide bonds. The molecule has 1 unspecified atom stereocenters. The Morgan fingerprint density at radius 2 is 1.94 bits per heavy atom. The molecule has 0 saturated heterocycles. The maximum atomic E-state index is 5.74. The van der Waals surface area contributed by atoms with E-state index in [0.717, 1.165) is 17.1 Å². The summed E-state index contributed by atoms with van der Waals surface area (Å²) in [5.74, 6) is 1.47. The molecule has 4 nitrogen and oxygen atoms in total. The number of rotatable bonds is 6. The topological polar surface area (TPSA) is 61.0 Å². The number of ether oxygens (including phenoxy) is 1. The normalized spacial score (nSPS) is 13.3. The average Bonchev–Trinajstić information content (AvgIpc) is 2.34. The zero-order chi connectivity index (χ0) is 13.7. The third-order valence-corrected chi connectivity index (χ3v) is 2.89. The summed E-state index contributed by atoms with van der Waals surface area (Å²) >= 11 is 0. The minimum absolute atomic E-state index is 0.0423. The van der Waals surface area contributed by atoms with Crippen molar-refractivity contribution in [2.24, 2.45) is 11.7 Å². The third kappa shape index (κ3) is 3.50. The van der Waals surface area contributed by atoms with Gasteiger partial charge in [-0.1, -0.05) is 27.7 Å². The minimum Gasteiger partial charge on any atom is -0.370 e. The van der Waals surface area contributed by atoms with E-state index in [2.05, 4.69) is 37.7 Å². The third-order valence-electron chi connectivity index (χ3n) is 2.89. The molecule has 0 fully saturated rings. The lowest BCUT2D eigenvalue weighted by atomic mass is 10.0.